The molecule has 0 atom stereocenters. The Morgan fingerprint density at radius 1 is 1.37 bits per heavy atom. The second-order valence-electron chi connectivity index (χ2n) is 4.42. The van der Waals surface area contributed by atoms with Crippen LogP contribution in [0.15, 0.2) is 23.1 Å². The normalized spacial score (nSPS) is 17.6. The molecule has 1 aliphatic heterocycles. The van der Waals surface area contributed by atoms with E-state index in [9.17, 15) is 12.8 Å². The van der Waals surface area contributed by atoms with E-state index in [2.05, 4.69) is 4.72 Å². The number of ether oxygens (including phenoxy) is 1. The minimum atomic E-state index is -3.83. The van der Waals surface area contributed by atoms with Crippen LogP contribution in [0.2, 0.25) is 0 Å². The maximum Gasteiger partial charge on any atom is 0.241 e. The van der Waals surface area contributed by atoms with Crippen LogP contribution >= 0.6 is 0 Å². The maximum atomic E-state index is 13.2. The van der Waals surface area contributed by atoms with Gasteiger partial charge in [-0.25, -0.2) is 17.5 Å². The second-order valence-corrected chi connectivity index (χ2v) is 6.10. The number of hydrogen-bond donors (Lipinski definition) is 2. The standard InChI is InChI=1S/C12H16FNO4S/c13-10-2-1-9(8-15)12(7-10)19(16,17)14-11-3-5-18-6-4-11/h1-2,7,11,14-15H,3-6,8H2. The molecular formula is C12H16FNO4S. The van der Waals surface area contributed by atoms with Crippen molar-refractivity contribution in [3.05, 3.63) is 29.6 Å². The van der Waals surface area contributed by atoms with Gasteiger partial charge in [0.15, 0.2) is 0 Å². The van der Waals surface area contributed by atoms with Crippen molar-refractivity contribution in [3.63, 3.8) is 0 Å². The lowest BCUT2D eigenvalue weighted by molar-refractivity contribution is 0.0832. The molecule has 1 heterocycles. The molecule has 0 bridgehead atoms. The van der Waals surface area contributed by atoms with Gasteiger partial charge in [0.25, 0.3) is 0 Å². The van der Waals surface area contributed by atoms with Gasteiger partial charge in [-0.05, 0) is 30.5 Å². The highest BCUT2D eigenvalue weighted by Crippen LogP contribution is 2.19. The summed E-state index contributed by atoms with van der Waals surface area (Å²) in [5, 5.41) is 9.14. The van der Waals surface area contributed by atoms with E-state index in [1.807, 2.05) is 0 Å². The minimum absolute atomic E-state index is 0.181. The van der Waals surface area contributed by atoms with Gasteiger partial charge >= 0.3 is 0 Å². The van der Waals surface area contributed by atoms with E-state index >= 15 is 0 Å². The molecular weight excluding hydrogens is 273 g/mol. The molecule has 1 aliphatic rings. The van der Waals surface area contributed by atoms with Crippen LogP contribution < -0.4 is 4.72 Å². The molecule has 0 spiro atoms. The van der Waals surface area contributed by atoms with E-state index in [4.69, 9.17) is 9.84 Å². The lowest BCUT2D eigenvalue weighted by Gasteiger charge is -2.23. The van der Waals surface area contributed by atoms with Gasteiger partial charge < -0.3 is 9.84 Å². The molecule has 19 heavy (non-hydrogen) atoms. The largest absolute Gasteiger partial charge is 0.392 e. The van der Waals surface area contributed by atoms with Crippen molar-refractivity contribution in [3.8, 4) is 0 Å². The summed E-state index contributed by atoms with van der Waals surface area (Å²) in [6.07, 6.45) is 1.17. The van der Waals surface area contributed by atoms with Gasteiger partial charge in [-0.15, -0.1) is 0 Å². The summed E-state index contributed by atoms with van der Waals surface area (Å²) in [7, 11) is -3.83. The fourth-order valence-electron chi connectivity index (χ4n) is 2.01. The van der Waals surface area contributed by atoms with Crippen molar-refractivity contribution in [2.45, 2.75) is 30.4 Å². The Bertz CT molecular complexity index is 541. The Morgan fingerprint density at radius 2 is 2.05 bits per heavy atom. The van der Waals surface area contributed by atoms with Gasteiger partial charge in [0.05, 0.1) is 11.5 Å². The molecule has 7 heteroatoms. The average molecular weight is 289 g/mol. The van der Waals surface area contributed by atoms with Gasteiger partial charge in [0.2, 0.25) is 10.0 Å². The van der Waals surface area contributed by atoms with Crippen LogP contribution in [-0.2, 0) is 21.4 Å². The summed E-state index contributed by atoms with van der Waals surface area (Å²) in [6.45, 7) is 0.552. The molecule has 0 aliphatic carbocycles. The summed E-state index contributed by atoms with van der Waals surface area (Å²) in [5.41, 5.74) is 0.181. The van der Waals surface area contributed by atoms with Crippen LogP contribution in [0.3, 0.4) is 0 Å². The first-order valence-corrected chi connectivity index (χ1v) is 7.50. The number of benzene rings is 1. The van der Waals surface area contributed by atoms with Crippen molar-refractivity contribution in [2.24, 2.45) is 0 Å². The molecule has 1 fully saturated rings. The van der Waals surface area contributed by atoms with Crippen LogP contribution in [0.4, 0.5) is 4.39 Å². The Labute approximate surface area is 111 Å². The topological polar surface area (TPSA) is 75.6 Å². The number of nitrogens with one attached hydrogen (secondary N) is 1. The molecule has 1 aromatic rings. The predicted octanol–water partition coefficient (Wildman–Crippen LogP) is 0.775. The van der Waals surface area contributed by atoms with Crippen LogP contribution in [0.1, 0.15) is 18.4 Å². The number of aliphatic hydroxyl groups is 1. The fraction of sp³-hybridized carbons (Fsp3) is 0.500. The van der Waals surface area contributed by atoms with Crippen LogP contribution in [0, 0.1) is 5.82 Å². The zero-order valence-corrected chi connectivity index (χ0v) is 11.1. The number of aliphatic hydroxyl groups excluding tert-OH is 1. The van der Waals surface area contributed by atoms with Crippen LogP contribution in [0.25, 0.3) is 0 Å². The highest BCUT2D eigenvalue weighted by Gasteiger charge is 2.24. The molecule has 0 unspecified atom stereocenters. The molecule has 1 aromatic carbocycles. The molecule has 0 saturated carbocycles. The first-order chi connectivity index (χ1) is 9.03. The first kappa shape index (κ1) is 14.4. The predicted molar refractivity (Wildman–Crippen MR) is 66.5 cm³/mol. The van der Waals surface area contributed by atoms with Crippen molar-refractivity contribution < 1.29 is 22.7 Å². The van der Waals surface area contributed by atoms with Crippen LogP contribution in [0.5, 0.6) is 0 Å². The van der Waals surface area contributed by atoms with Gasteiger partial charge in [-0.2, -0.15) is 0 Å². The van der Waals surface area contributed by atoms with E-state index in [0.29, 0.717) is 26.1 Å². The lowest BCUT2D eigenvalue weighted by atomic mass is 10.1. The molecule has 0 aromatic heterocycles. The van der Waals surface area contributed by atoms with Crippen molar-refractivity contribution >= 4 is 10.0 Å². The lowest BCUT2D eigenvalue weighted by Crippen LogP contribution is -2.39. The van der Waals surface area contributed by atoms with Gasteiger partial charge in [-0.1, -0.05) is 6.07 Å². The monoisotopic (exact) mass is 289 g/mol. The zero-order valence-electron chi connectivity index (χ0n) is 10.3. The summed E-state index contributed by atoms with van der Waals surface area (Å²) in [5.74, 6) is -0.649. The molecule has 0 amide bonds. The number of sulfonamides is 1. The maximum absolute atomic E-state index is 13.2. The van der Waals surface area contributed by atoms with Crippen molar-refractivity contribution in [1.29, 1.82) is 0 Å². The van der Waals surface area contributed by atoms with Gasteiger partial charge in [-0.3, -0.25) is 0 Å². The summed E-state index contributed by atoms with van der Waals surface area (Å²) < 4.78 is 45.3. The summed E-state index contributed by atoms with van der Waals surface area (Å²) >= 11 is 0. The Morgan fingerprint density at radius 3 is 2.68 bits per heavy atom. The molecule has 0 radical (unpaired) electrons. The van der Waals surface area contributed by atoms with E-state index < -0.39 is 22.4 Å². The second kappa shape index (κ2) is 5.96. The van der Waals surface area contributed by atoms with E-state index in [1.165, 1.54) is 6.07 Å². The molecule has 106 valence electrons. The third-order valence-corrected chi connectivity index (χ3v) is 4.63. The Hall–Kier alpha value is -1.02. The fourth-order valence-corrected chi connectivity index (χ4v) is 3.55. The Balaban J connectivity index is 2.25. The molecule has 2 rings (SSSR count). The van der Waals surface area contributed by atoms with Crippen molar-refractivity contribution in [1.82, 2.24) is 4.72 Å². The zero-order chi connectivity index (χ0) is 13.9. The molecule has 1 saturated heterocycles. The number of hydrogen-bond acceptors (Lipinski definition) is 4. The smallest absolute Gasteiger partial charge is 0.241 e. The van der Waals surface area contributed by atoms with Gasteiger partial charge in [0, 0.05) is 19.3 Å². The first-order valence-electron chi connectivity index (χ1n) is 6.02. The van der Waals surface area contributed by atoms with E-state index in [1.54, 1.807) is 0 Å². The molecule has 5 nitrogen and oxygen atoms in total. The highest BCUT2D eigenvalue weighted by molar-refractivity contribution is 7.89. The average Bonchev–Trinajstić information content (AvgIpc) is 2.39. The summed E-state index contributed by atoms with van der Waals surface area (Å²) in [4.78, 5) is -0.207. The van der Waals surface area contributed by atoms with Crippen molar-refractivity contribution in [2.75, 3.05) is 13.2 Å². The molecule has 2 N–H and O–H groups in total. The quantitative estimate of drug-likeness (QED) is 0.858. The van der Waals surface area contributed by atoms with Gasteiger partial charge in [0.1, 0.15) is 5.82 Å². The third kappa shape index (κ3) is 3.50. The SMILES string of the molecule is O=S(=O)(NC1CCOCC1)c1cc(F)ccc1CO. The van der Waals surface area contributed by atoms with E-state index in [0.717, 1.165) is 12.1 Å². The van der Waals surface area contributed by atoms with E-state index in [-0.39, 0.29) is 16.5 Å². The number of halogens is 1. The highest BCUT2D eigenvalue weighted by atomic mass is 32.2. The van der Waals surface area contributed by atoms with Crippen LogP contribution in [-0.4, -0.2) is 32.8 Å². The minimum Gasteiger partial charge on any atom is -0.392 e. The third-order valence-electron chi connectivity index (χ3n) is 3.03. The summed E-state index contributed by atoms with van der Waals surface area (Å²) in [6, 6.07) is 3.11. The number of rotatable bonds is 4. The Kier molecular flexibility index (Phi) is 4.51.